The van der Waals surface area contributed by atoms with Crippen LogP contribution in [0.25, 0.3) is 22.3 Å². The molecular weight excluding hydrogens is 1210 g/mol. The summed E-state index contributed by atoms with van der Waals surface area (Å²) in [4.78, 5) is 42.5. The summed E-state index contributed by atoms with van der Waals surface area (Å²) in [7, 11) is 0. The fraction of sp³-hybridized carbons (Fsp3) is 0.611. The van der Waals surface area contributed by atoms with Crippen molar-refractivity contribution in [1.82, 2.24) is 0 Å². The van der Waals surface area contributed by atoms with Gasteiger partial charge in [0, 0.05) is 52.1 Å². The van der Waals surface area contributed by atoms with Crippen molar-refractivity contribution in [1.29, 1.82) is 0 Å². The molecule has 4 rings (SSSR count). The average Bonchev–Trinajstić information content (AvgIpc) is 2.65. The lowest BCUT2D eigenvalue weighted by Crippen LogP contribution is -2.20. The van der Waals surface area contributed by atoms with Crippen molar-refractivity contribution in [3.8, 4) is 45.3 Å². The summed E-state index contributed by atoms with van der Waals surface area (Å²) in [5.41, 5.74) is 4.58. The van der Waals surface area contributed by atoms with Crippen LogP contribution in [0.15, 0.2) is 97.1 Å². The van der Waals surface area contributed by atoms with Crippen molar-refractivity contribution in [3.63, 3.8) is 0 Å². The van der Waals surface area contributed by atoms with E-state index in [1.807, 2.05) is 48.5 Å². The molecule has 0 spiro atoms. The number of aliphatic hydroxyl groups excluding tert-OH is 3. The molecule has 91 heavy (non-hydrogen) atoms. The van der Waals surface area contributed by atoms with Crippen molar-refractivity contribution in [2.45, 2.75) is 206 Å². The first-order chi connectivity index (χ1) is 44.0. The van der Waals surface area contributed by atoms with Crippen molar-refractivity contribution < 1.29 is 82.2 Å². The van der Waals surface area contributed by atoms with Gasteiger partial charge in [-0.25, -0.2) is 0 Å². The number of halogens is 2. The minimum Gasteiger partial charge on any atom is -0.494 e. The minimum absolute atomic E-state index is 0.0747. The Hall–Kier alpha value is -5.34. The summed E-state index contributed by atoms with van der Waals surface area (Å²) in [6, 6.07) is 32.8. The first-order valence-electron chi connectivity index (χ1n) is 33.1. The molecule has 4 atom stereocenters. The van der Waals surface area contributed by atoms with Crippen LogP contribution < -0.4 is 18.9 Å². The third-order valence-electron chi connectivity index (χ3n) is 13.7. The van der Waals surface area contributed by atoms with Gasteiger partial charge in [0.15, 0.2) is 0 Å². The van der Waals surface area contributed by atoms with E-state index in [0.29, 0.717) is 105 Å². The Morgan fingerprint density at radius 2 is 0.571 bits per heavy atom. The lowest BCUT2D eigenvalue weighted by molar-refractivity contribution is -0.151. The molecule has 0 fully saturated rings. The van der Waals surface area contributed by atoms with Crippen molar-refractivity contribution in [2.24, 2.45) is 0 Å². The van der Waals surface area contributed by atoms with E-state index in [4.69, 9.17) is 81.2 Å². The van der Waals surface area contributed by atoms with E-state index in [-0.39, 0.29) is 47.6 Å². The predicted octanol–water partition coefficient (Wildman–Crippen LogP) is 15.3. The van der Waals surface area contributed by atoms with Gasteiger partial charge in [-0.2, -0.15) is 0 Å². The number of hydrogen-bond acceptors (Lipinski definition) is 16. The Bertz CT molecular complexity index is 2320. The molecule has 4 aromatic carbocycles. The second-order valence-electron chi connectivity index (χ2n) is 22.8. The number of carboxylic acids is 1. The van der Waals surface area contributed by atoms with Gasteiger partial charge in [-0.1, -0.05) is 74.2 Å². The Balaban J connectivity index is 0.000000547. The molecule has 0 radical (unpaired) electrons. The van der Waals surface area contributed by atoms with Crippen molar-refractivity contribution in [3.05, 3.63) is 97.1 Å². The predicted molar refractivity (Wildman–Crippen MR) is 360 cm³/mol. The highest BCUT2D eigenvalue weighted by atomic mass is 35.5. The molecule has 0 aliphatic heterocycles. The molecule has 0 saturated carbocycles. The van der Waals surface area contributed by atoms with Crippen LogP contribution in [0.1, 0.15) is 182 Å². The Morgan fingerprint density at radius 1 is 0.330 bits per heavy atom. The first-order valence-corrected chi connectivity index (χ1v) is 33.8. The van der Waals surface area contributed by atoms with Crippen molar-refractivity contribution >= 4 is 45.6 Å². The number of carbonyl (C=O) groups excluding carboxylic acids is 3. The van der Waals surface area contributed by atoms with Gasteiger partial charge in [-0.05, 0) is 224 Å². The molecular formula is C72H108Cl2O17. The summed E-state index contributed by atoms with van der Waals surface area (Å²) in [6.45, 7) is 14.2. The fourth-order valence-electron chi connectivity index (χ4n) is 8.78. The molecule has 0 aromatic heterocycles. The number of esters is 1. The molecule has 0 amide bonds. The number of carbonyl (C=O) groups is 4. The molecule has 4 N–H and O–H groups in total. The van der Waals surface area contributed by atoms with Gasteiger partial charge in [0.25, 0.3) is 0 Å². The zero-order chi connectivity index (χ0) is 66.4. The van der Waals surface area contributed by atoms with Crippen LogP contribution in [0.4, 0.5) is 0 Å². The van der Waals surface area contributed by atoms with Gasteiger partial charge in [0.05, 0.1) is 71.2 Å². The average molecular weight is 1320 g/mol. The number of aliphatic hydroxyl groups is 3. The van der Waals surface area contributed by atoms with Crippen LogP contribution in [0, 0.1) is 0 Å². The topological polar surface area (TPSA) is 232 Å². The van der Waals surface area contributed by atoms with Crippen LogP contribution in [0.3, 0.4) is 0 Å². The number of hydrogen-bond donors (Lipinski definition) is 4. The van der Waals surface area contributed by atoms with Crippen LogP contribution in [0.2, 0.25) is 0 Å². The standard InChI is InChI=1S/C36H54O9.C30H46O6.C6H8Cl2O2/c1-29(37)27-41-23-9-3-5-11-25-43-33-19-15-31(16-20-33)32-17-21-34(22-18-32)44-26-12-6-4-10-24-42-28-30(2)45-36(40)14-8-7-13-35(38)39;1-25(31)23-33-19-7-3-5-9-21-35-29-15-11-27(12-16-29)28-13-17-30(18-14-28)36-22-10-6-4-8-20-34-24-26(2)32;7-5(9)3-1-2-4-6(8)10/h15-22,29-30,37H,3-14,23-28H2,1-2H3,(H,38,39);11-18,25-26,31-32H,3-10,19-24H2,1-2H3;1-4H2. The van der Waals surface area contributed by atoms with Crippen LogP contribution in [-0.4, -0.2) is 147 Å². The van der Waals surface area contributed by atoms with E-state index in [1.54, 1.807) is 27.7 Å². The van der Waals surface area contributed by atoms with E-state index in [1.165, 1.54) is 0 Å². The Morgan fingerprint density at radius 3 is 0.824 bits per heavy atom. The molecule has 0 saturated heterocycles. The molecule has 19 heteroatoms. The zero-order valence-electron chi connectivity index (χ0n) is 54.9. The van der Waals surface area contributed by atoms with E-state index < -0.39 is 12.1 Å². The molecule has 512 valence electrons. The normalized spacial score (nSPS) is 12.3. The number of ether oxygens (including phenoxy) is 9. The van der Waals surface area contributed by atoms with Gasteiger partial charge in [-0.3, -0.25) is 19.2 Å². The van der Waals surface area contributed by atoms with Gasteiger partial charge >= 0.3 is 11.9 Å². The van der Waals surface area contributed by atoms with Gasteiger partial charge in [0.1, 0.15) is 29.1 Å². The fourth-order valence-corrected chi connectivity index (χ4v) is 9.04. The molecule has 4 unspecified atom stereocenters. The van der Waals surface area contributed by atoms with E-state index in [2.05, 4.69) is 48.5 Å². The second-order valence-corrected chi connectivity index (χ2v) is 23.7. The molecule has 17 nitrogen and oxygen atoms in total. The Kier molecular flexibility index (Phi) is 49.5. The number of unbranched alkanes of at least 4 members (excludes halogenated alkanes) is 14. The largest absolute Gasteiger partial charge is 0.494 e. The van der Waals surface area contributed by atoms with E-state index in [0.717, 1.165) is 161 Å². The lowest BCUT2D eigenvalue weighted by Gasteiger charge is -2.13. The highest BCUT2D eigenvalue weighted by Crippen LogP contribution is 2.27. The molecule has 4 aromatic rings. The van der Waals surface area contributed by atoms with E-state index >= 15 is 0 Å². The maximum Gasteiger partial charge on any atom is 0.306 e. The molecule has 0 bridgehead atoms. The highest BCUT2D eigenvalue weighted by Gasteiger charge is 2.11. The van der Waals surface area contributed by atoms with Gasteiger partial charge in [0.2, 0.25) is 10.5 Å². The maximum absolute atomic E-state index is 11.8. The maximum atomic E-state index is 11.8. The third kappa shape index (κ3) is 49.0. The summed E-state index contributed by atoms with van der Waals surface area (Å²) in [6.07, 6.45) is 18.5. The number of benzene rings is 4. The molecule has 0 aliphatic carbocycles. The zero-order valence-corrected chi connectivity index (χ0v) is 56.4. The number of carboxylic acid groups (broad SMARTS) is 1. The van der Waals surface area contributed by atoms with E-state index in [9.17, 15) is 24.3 Å². The summed E-state index contributed by atoms with van der Waals surface area (Å²) in [5, 5.41) is 35.4. The molecule has 0 aliphatic rings. The van der Waals surface area contributed by atoms with Crippen molar-refractivity contribution in [2.75, 3.05) is 79.3 Å². The Labute approximate surface area is 553 Å². The summed E-state index contributed by atoms with van der Waals surface area (Å²) in [5.74, 6) is 2.38. The SMILES string of the molecule is CC(O)COCCCCCCOc1ccc(-c2ccc(OCCCCCCOCC(C)O)cc2)cc1.CC(O)COCCCCCCOc1ccc(-c2ccc(OCCCCCCOCC(C)OC(=O)CCCCC(=O)O)cc2)cc1.O=C(Cl)CCCCC(=O)Cl. The van der Waals surface area contributed by atoms with Crippen LogP contribution in [-0.2, 0) is 42.9 Å². The monoisotopic (exact) mass is 1310 g/mol. The minimum atomic E-state index is -0.847. The van der Waals surface area contributed by atoms with Crippen LogP contribution in [0.5, 0.6) is 23.0 Å². The summed E-state index contributed by atoms with van der Waals surface area (Å²) < 4.78 is 50.6. The van der Waals surface area contributed by atoms with Crippen LogP contribution >= 0.6 is 23.2 Å². The summed E-state index contributed by atoms with van der Waals surface area (Å²) >= 11 is 10.1. The third-order valence-corrected chi connectivity index (χ3v) is 14.0. The number of rotatable bonds is 53. The van der Waals surface area contributed by atoms with Gasteiger partial charge < -0.3 is 63.1 Å². The second kappa shape index (κ2) is 55.1. The smallest absolute Gasteiger partial charge is 0.306 e. The number of aliphatic carboxylic acids is 1. The van der Waals surface area contributed by atoms with Gasteiger partial charge in [-0.15, -0.1) is 0 Å². The quantitative estimate of drug-likeness (QED) is 0.0183. The lowest BCUT2D eigenvalue weighted by atomic mass is 10.1. The first kappa shape index (κ1) is 81.8. The highest BCUT2D eigenvalue weighted by molar-refractivity contribution is 6.63. The molecule has 0 heterocycles.